The highest BCUT2D eigenvalue weighted by Crippen LogP contribution is 2.30. The van der Waals surface area contributed by atoms with E-state index < -0.39 is 10.9 Å². The van der Waals surface area contributed by atoms with Gasteiger partial charge in [0.1, 0.15) is 0 Å². The van der Waals surface area contributed by atoms with Crippen LogP contribution in [0.1, 0.15) is 36.5 Å². The lowest BCUT2D eigenvalue weighted by Gasteiger charge is -2.23. The summed E-state index contributed by atoms with van der Waals surface area (Å²) in [6.45, 7) is 2.45. The van der Waals surface area contributed by atoms with Gasteiger partial charge in [-0.2, -0.15) is 0 Å². The molecule has 1 atom stereocenters. The summed E-state index contributed by atoms with van der Waals surface area (Å²) in [6.07, 6.45) is 1.23. The number of likely N-dealkylation sites (tertiary alicyclic amines) is 1. The number of rotatable bonds is 6. The normalized spacial score (nSPS) is 17.1. The Kier molecular flexibility index (Phi) is 5.15. The zero-order valence-electron chi connectivity index (χ0n) is 12.7. The molecule has 0 aromatic heterocycles. The topological polar surface area (TPSA) is 110 Å². The van der Waals surface area contributed by atoms with E-state index in [2.05, 4.69) is 0 Å². The Labute approximate surface area is 132 Å². The minimum absolute atomic E-state index is 0.109. The number of aliphatic carboxylic acids is 1. The van der Waals surface area contributed by atoms with Crippen molar-refractivity contribution in [2.45, 2.75) is 32.2 Å². The number of hydrogen-bond donors (Lipinski definition) is 1. The molecule has 1 aromatic carbocycles. The molecule has 0 aliphatic carbocycles. The van der Waals surface area contributed by atoms with Crippen LogP contribution in [0.5, 0.6) is 5.75 Å². The van der Waals surface area contributed by atoms with E-state index in [-0.39, 0.29) is 42.0 Å². The Morgan fingerprint density at radius 2 is 2.22 bits per heavy atom. The van der Waals surface area contributed by atoms with E-state index >= 15 is 0 Å². The van der Waals surface area contributed by atoms with Crippen LogP contribution in [0.2, 0.25) is 0 Å². The molecule has 1 heterocycles. The van der Waals surface area contributed by atoms with Crippen LogP contribution < -0.4 is 4.74 Å². The van der Waals surface area contributed by atoms with Crippen LogP contribution in [0, 0.1) is 10.1 Å². The van der Waals surface area contributed by atoms with Gasteiger partial charge in [-0.1, -0.05) is 0 Å². The van der Waals surface area contributed by atoms with Crippen LogP contribution in [0.25, 0.3) is 0 Å². The Morgan fingerprint density at radius 1 is 1.48 bits per heavy atom. The van der Waals surface area contributed by atoms with Gasteiger partial charge in [0.15, 0.2) is 5.75 Å². The number of nitro benzene ring substituents is 1. The average molecular weight is 322 g/mol. The number of carboxylic acid groups (broad SMARTS) is 1. The van der Waals surface area contributed by atoms with E-state index in [0.717, 1.165) is 6.42 Å². The van der Waals surface area contributed by atoms with Gasteiger partial charge >= 0.3 is 11.7 Å². The second-order valence-corrected chi connectivity index (χ2v) is 5.27. The van der Waals surface area contributed by atoms with Crippen molar-refractivity contribution >= 4 is 17.6 Å². The molecule has 8 nitrogen and oxygen atoms in total. The molecule has 1 unspecified atom stereocenters. The zero-order valence-corrected chi connectivity index (χ0v) is 12.7. The van der Waals surface area contributed by atoms with Gasteiger partial charge in [-0.15, -0.1) is 0 Å². The van der Waals surface area contributed by atoms with E-state index in [9.17, 15) is 19.7 Å². The van der Waals surface area contributed by atoms with Gasteiger partial charge in [-0.05, 0) is 31.9 Å². The van der Waals surface area contributed by atoms with Crippen molar-refractivity contribution < 1.29 is 24.4 Å². The Hall–Kier alpha value is -2.64. The van der Waals surface area contributed by atoms with Crippen LogP contribution in [0.15, 0.2) is 18.2 Å². The lowest BCUT2D eigenvalue weighted by atomic mass is 10.1. The van der Waals surface area contributed by atoms with Crippen molar-refractivity contribution in [1.82, 2.24) is 4.90 Å². The molecule has 0 bridgehead atoms. The smallest absolute Gasteiger partial charge is 0.311 e. The Bertz CT molecular complexity index is 630. The van der Waals surface area contributed by atoms with E-state index in [1.807, 2.05) is 0 Å². The average Bonchev–Trinajstić information content (AvgIpc) is 2.94. The van der Waals surface area contributed by atoms with Crippen LogP contribution in [0.4, 0.5) is 5.69 Å². The summed E-state index contributed by atoms with van der Waals surface area (Å²) in [5.41, 5.74) is -0.107. The fraction of sp³-hybridized carbons (Fsp3) is 0.467. The quantitative estimate of drug-likeness (QED) is 0.634. The molecule has 1 aromatic rings. The van der Waals surface area contributed by atoms with Gasteiger partial charge in [0, 0.05) is 24.2 Å². The monoisotopic (exact) mass is 322 g/mol. The molecule has 1 amide bonds. The van der Waals surface area contributed by atoms with E-state index in [1.165, 1.54) is 23.1 Å². The predicted octanol–water partition coefficient (Wildman–Crippen LogP) is 2.07. The van der Waals surface area contributed by atoms with Gasteiger partial charge in [0.25, 0.3) is 5.91 Å². The maximum absolute atomic E-state index is 12.6. The molecule has 8 heteroatoms. The number of nitro groups is 1. The molecule has 1 fully saturated rings. The summed E-state index contributed by atoms with van der Waals surface area (Å²) in [5, 5.41) is 20.0. The predicted molar refractivity (Wildman–Crippen MR) is 80.6 cm³/mol. The third-order valence-electron chi connectivity index (χ3n) is 3.75. The first-order valence-electron chi connectivity index (χ1n) is 7.38. The molecule has 23 heavy (non-hydrogen) atoms. The lowest BCUT2D eigenvalue weighted by molar-refractivity contribution is -0.385. The number of hydrogen-bond acceptors (Lipinski definition) is 5. The highest BCUT2D eigenvalue weighted by Gasteiger charge is 2.32. The summed E-state index contributed by atoms with van der Waals surface area (Å²) in [5.74, 6) is -1.25. The highest BCUT2D eigenvalue weighted by molar-refractivity contribution is 5.95. The van der Waals surface area contributed by atoms with Crippen molar-refractivity contribution in [1.29, 1.82) is 0 Å². The van der Waals surface area contributed by atoms with E-state index in [1.54, 1.807) is 6.92 Å². The van der Waals surface area contributed by atoms with Crippen LogP contribution >= 0.6 is 0 Å². The number of nitrogens with zero attached hydrogens (tertiary/aromatic N) is 2. The zero-order chi connectivity index (χ0) is 17.0. The summed E-state index contributed by atoms with van der Waals surface area (Å²) in [7, 11) is 0. The van der Waals surface area contributed by atoms with Crippen LogP contribution in [-0.4, -0.2) is 46.0 Å². The third-order valence-corrected chi connectivity index (χ3v) is 3.75. The molecule has 2 rings (SSSR count). The highest BCUT2D eigenvalue weighted by atomic mass is 16.6. The van der Waals surface area contributed by atoms with Gasteiger partial charge in [0.2, 0.25) is 0 Å². The Balaban J connectivity index is 2.26. The fourth-order valence-electron chi connectivity index (χ4n) is 2.75. The van der Waals surface area contributed by atoms with Gasteiger partial charge in [-0.3, -0.25) is 19.7 Å². The van der Waals surface area contributed by atoms with Gasteiger partial charge in [0.05, 0.1) is 18.0 Å². The number of carbonyl (C=O) groups excluding carboxylic acids is 1. The van der Waals surface area contributed by atoms with Crippen molar-refractivity contribution in [3.63, 3.8) is 0 Å². The first kappa shape index (κ1) is 16.7. The second kappa shape index (κ2) is 7.08. The molecule has 1 N–H and O–H groups in total. The summed E-state index contributed by atoms with van der Waals surface area (Å²) >= 11 is 0. The second-order valence-electron chi connectivity index (χ2n) is 5.27. The summed E-state index contributed by atoms with van der Waals surface area (Å²) < 4.78 is 5.19. The SMILES string of the molecule is CCOc1ccc(C(=O)N2CCCC2CC(=O)O)cc1[N+](=O)[O-]. The third kappa shape index (κ3) is 3.77. The van der Waals surface area contributed by atoms with Gasteiger partial charge in [-0.25, -0.2) is 0 Å². The van der Waals surface area contributed by atoms with Crippen LogP contribution in [0.3, 0.4) is 0 Å². The number of carbonyl (C=O) groups is 2. The molecule has 124 valence electrons. The van der Waals surface area contributed by atoms with Crippen molar-refractivity contribution in [2.24, 2.45) is 0 Å². The molecular weight excluding hydrogens is 304 g/mol. The van der Waals surface area contributed by atoms with Crippen LogP contribution in [-0.2, 0) is 4.79 Å². The lowest BCUT2D eigenvalue weighted by Crippen LogP contribution is -2.36. The minimum Gasteiger partial charge on any atom is -0.487 e. The van der Waals surface area contributed by atoms with E-state index in [4.69, 9.17) is 9.84 Å². The minimum atomic E-state index is -0.965. The fourth-order valence-corrected chi connectivity index (χ4v) is 2.75. The number of ether oxygens (including phenoxy) is 1. The number of carboxylic acids is 1. The molecule has 0 saturated carbocycles. The largest absolute Gasteiger partial charge is 0.487 e. The summed E-state index contributed by atoms with van der Waals surface area (Å²) in [6, 6.07) is 3.68. The maximum Gasteiger partial charge on any atom is 0.311 e. The standard InChI is InChI=1S/C15H18N2O6/c1-2-23-13-6-5-10(8-12(13)17(21)22)15(20)16-7-3-4-11(16)9-14(18)19/h5-6,8,11H,2-4,7,9H2,1H3,(H,18,19). The first-order valence-corrected chi connectivity index (χ1v) is 7.38. The summed E-state index contributed by atoms with van der Waals surface area (Å²) in [4.78, 5) is 35.4. The first-order chi connectivity index (χ1) is 10.9. The van der Waals surface area contributed by atoms with Crippen molar-refractivity contribution in [2.75, 3.05) is 13.2 Å². The number of benzene rings is 1. The Morgan fingerprint density at radius 3 is 2.83 bits per heavy atom. The molecule has 1 aliphatic rings. The molecule has 0 radical (unpaired) electrons. The maximum atomic E-state index is 12.6. The van der Waals surface area contributed by atoms with Crippen molar-refractivity contribution in [3.05, 3.63) is 33.9 Å². The van der Waals surface area contributed by atoms with Gasteiger partial charge < -0.3 is 14.7 Å². The molecule has 1 aliphatic heterocycles. The van der Waals surface area contributed by atoms with E-state index in [0.29, 0.717) is 13.0 Å². The number of amides is 1. The van der Waals surface area contributed by atoms with Crippen molar-refractivity contribution in [3.8, 4) is 5.75 Å². The molecular formula is C15H18N2O6. The molecule has 0 spiro atoms. The molecule has 1 saturated heterocycles.